The van der Waals surface area contributed by atoms with Crippen LogP contribution in [0, 0.1) is 0 Å². The Hall–Kier alpha value is -1.22. The molecule has 0 aliphatic rings. The van der Waals surface area contributed by atoms with E-state index in [1.54, 1.807) is 0 Å². The first-order valence-corrected chi connectivity index (χ1v) is 6.45. The maximum Gasteiger partial charge on any atom is 0.252 e. The predicted octanol–water partition coefficient (Wildman–Crippen LogP) is -0.127. The number of hydrogen-bond donors (Lipinski definition) is 1. The van der Waals surface area contributed by atoms with Crippen molar-refractivity contribution in [2.75, 3.05) is 12.0 Å². The molecule has 0 aliphatic carbocycles. The molecule has 0 atom stereocenters. The van der Waals surface area contributed by atoms with E-state index < -0.39 is 9.84 Å². The number of nitrogen functional groups attached to an aromatic ring is 1. The Labute approximate surface area is 93.4 Å². The number of halogens is 1. The summed E-state index contributed by atoms with van der Waals surface area (Å²) in [6.07, 6.45) is 2.48. The average Bonchev–Trinajstić information content (AvgIpc) is 2.47. The summed E-state index contributed by atoms with van der Waals surface area (Å²) >= 11 is 3.18. The number of sulfone groups is 1. The fraction of sp³-hybridized carbons (Fsp3) is 0.167. The first-order chi connectivity index (χ1) is 6.89. The second-order valence-corrected chi connectivity index (χ2v) is 5.63. The molecule has 0 saturated carbocycles. The van der Waals surface area contributed by atoms with Crippen LogP contribution in [0.5, 0.6) is 0 Å². The van der Waals surface area contributed by atoms with Gasteiger partial charge in [0.05, 0.1) is 10.7 Å². The lowest BCUT2D eigenvalue weighted by atomic mass is 10.7. The molecule has 7 nitrogen and oxygen atoms in total. The van der Waals surface area contributed by atoms with Crippen molar-refractivity contribution in [3.05, 3.63) is 10.7 Å². The quantitative estimate of drug-likeness (QED) is 0.785. The molecule has 0 fully saturated rings. The topological polar surface area (TPSA) is 103 Å². The van der Waals surface area contributed by atoms with Crippen molar-refractivity contribution >= 4 is 37.4 Å². The van der Waals surface area contributed by atoms with E-state index in [4.69, 9.17) is 5.73 Å². The fourth-order valence-corrected chi connectivity index (χ4v) is 1.88. The lowest BCUT2D eigenvalue weighted by molar-refractivity contribution is 0.592. The van der Waals surface area contributed by atoms with Crippen LogP contribution in [0.2, 0.25) is 0 Å². The van der Waals surface area contributed by atoms with E-state index in [1.807, 2.05) is 0 Å². The third-order valence-corrected chi connectivity index (χ3v) is 3.07. The molecule has 0 aliphatic heterocycles. The molecule has 15 heavy (non-hydrogen) atoms. The van der Waals surface area contributed by atoms with Gasteiger partial charge in [-0.15, -0.1) is 0 Å². The van der Waals surface area contributed by atoms with Gasteiger partial charge >= 0.3 is 0 Å². The van der Waals surface area contributed by atoms with Gasteiger partial charge in [0.15, 0.2) is 5.65 Å². The van der Waals surface area contributed by atoms with Crippen LogP contribution in [-0.2, 0) is 9.84 Å². The van der Waals surface area contributed by atoms with Crippen LogP contribution in [0.15, 0.2) is 15.8 Å². The largest absolute Gasteiger partial charge is 0.368 e. The highest BCUT2D eigenvalue weighted by atomic mass is 79.9. The van der Waals surface area contributed by atoms with Gasteiger partial charge in [-0.3, -0.25) is 0 Å². The number of rotatable bonds is 1. The van der Waals surface area contributed by atoms with Crippen molar-refractivity contribution in [2.24, 2.45) is 0 Å². The molecule has 0 spiro atoms. The van der Waals surface area contributed by atoms with Crippen LogP contribution in [0.3, 0.4) is 0 Å². The molecular formula is C6H6BrN5O2S. The van der Waals surface area contributed by atoms with Crippen molar-refractivity contribution in [2.45, 2.75) is 5.16 Å². The molecule has 2 heterocycles. The van der Waals surface area contributed by atoms with Crippen molar-refractivity contribution in [3.8, 4) is 0 Å². The fourth-order valence-electron chi connectivity index (χ4n) is 1.02. The minimum Gasteiger partial charge on any atom is -0.368 e. The Kier molecular flexibility index (Phi) is 2.15. The second-order valence-electron chi connectivity index (χ2n) is 2.86. The number of nitrogens with zero attached hydrogens (tertiary/aromatic N) is 4. The van der Waals surface area contributed by atoms with Gasteiger partial charge in [0.2, 0.25) is 15.8 Å². The minimum absolute atomic E-state index is 0.0221. The summed E-state index contributed by atoms with van der Waals surface area (Å²) in [6.45, 7) is 0. The van der Waals surface area contributed by atoms with Crippen molar-refractivity contribution in [1.29, 1.82) is 0 Å². The normalized spacial score (nSPS) is 12.1. The second kappa shape index (κ2) is 3.14. The molecule has 0 amide bonds. The first kappa shape index (κ1) is 10.3. The zero-order valence-electron chi connectivity index (χ0n) is 7.55. The number of fused-ring (bicyclic) bond motifs is 1. The van der Waals surface area contributed by atoms with Crippen LogP contribution >= 0.6 is 15.9 Å². The van der Waals surface area contributed by atoms with Crippen LogP contribution < -0.4 is 5.73 Å². The molecule has 2 N–H and O–H groups in total. The van der Waals surface area contributed by atoms with Crippen LogP contribution in [-0.4, -0.2) is 34.3 Å². The molecule has 0 unspecified atom stereocenters. The third kappa shape index (κ3) is 1.67. The highest BCUT2D eigenvalue weighted by Gasteiger charge is 2.16. The van der Waals surface area contributed by atoms with Gasteiger partial charge in [0.25, 0.3) is 5.16 Å². The van der Waals surface area contributed by atoms with Gasteiger partial charge in [-0.1, -0.05) is 0 Å². The summed E-state index contributed by atoms with van der Waals surface area (Å²) in [5, 5.41) is 3.55. The van der Waals surface area contributed by atoms with Gasteiger partial charge in [0, 0.05) is 6.26 Å². The van der Waals surface area contributed by atoms with E-state index >= 15 is 0 Å². The van der Waals surface area contributed by atoms with Gasteiger partial charge in [-0.05, 0) is 15.9 Å². The molecular weight excluding hydrogens is 286 g/mol. The smallest absolute Gasteiger partial charge is 0.252 e. The van der Waals surface area contributed by atoms with E-state index in [1.165, 1.54) is 10.7 Å². The van der Waals surface area contributed by atoms with Crippen LogP contribution in [0.1, 0.15) is 0 Å². The summed E-state index contributed by atoms with van der Waals surface area (Å²) in [7, 11) is -3.48. The highest BCUT2D eigenvalue weighted by Crippen LogP contribution is 2.18. The van der Waals surface area contributed by atoms with E-state index in [0.717, 1.165) is 6.26 Å². The number of hydrogen-bond acceptors (Lipinski definition) is 6. The molecule has 0 radical (unpaired) electrons. The molecule has 0 bridgehead atoms. The van der Waals surface area contributed by atoms with E-state index in [0.29, 0.717) is 10.1 Å². The molecule has 80 valence electrons. The van der Waals surface area contributed by atoms with E-state index in [-0.39, 0.29) is 11.1 Å². The minimum atomic E-state index is -3.48. The summed E-state index contributed by atoms with van der Waals surface area (Å²) in [6, 6.07) is 0. The van der Waals surface area contributed by atoms with Crippen molar-refractivity contribution < 1.29 is 8.42 Å². The Morgan fingerprint density at radius 3 is 2.73 bits per heavy atom. The highest BCUT2D eigenvalue weighted by molar-refractivity contribution is 9.10. The van der Waals surface area contributed by atoms with E-state index in [9.17, 15) is 8.42 Å². The molecule has 9 heteroatoms. The third-order valence-electron chi connectivity index (χ3n) is 1.66. The zero-order valence-corrected chi connectivity index (χ0v) is 9.95. The molecule has 2 aromatic heterocycles. The van der Waals surface area contributed by atoms with Crippen LogP contribution in [0.4, 0.5) is 5.95 Å². The van der Waals surface area contributed by atoms with Crippen molar-refractivity contribution in [1.82, 2.24) is 19.6 Å². The van der Waals surface area contributed by atoms with Gasteiger partial charge in [-0.2, -0.15) is 19.6 Å². The summed E-state index contributed by atoms with van der Waals surface area (Å²) in [5.74, 6) is -0.0221. The number of aromatic nitrogens is 4. The average molecular weight is 292 g/mol. The molecule has 2 aromatic rings. The Balaban J connectivity index is 2.88. The molecule has 0 aromatic carbocycles. The Morgan fingerprint density at radius 2 is 2.13 bits per heavy atom. The summed E-state index contributed by atoms with van der Waals surface area (Å²) in [5.41, 5.74) is 5.85. The number of nitrogens with two attached hydrogens (primary N) is 1. The molecule has 0 saturated heterocycles. The molecule has 2 rings (SSSR count). The monoisotopic (exact) mass is 291 g/mol. The van der Waals surface area contributed by atoms with Gasteiger partial charge < -0.3 is 5.73 Å². The first-order valence-electron chi connectivity index (χ1n) is 3.76. The zero-order chi connectivity index (χ0) is 11.2. The standard InChI is InChI=1S/C6H6BrN5O2S/c1-15(13,14)6-10-4-3(7)2-9-12(4)5(8)11-6/h2H,1H3,(H2,8,10,11). The Morgan fingerprint density at radius 1 is 1.47 bits per heavy atom. The summed E-state index contributed by atoms with van der Waals surface area (Å²) < 4.78 is 24.3. The Bertz CT molecular complexity index is 634. The lowest BCUT2D eigenvalue weighted by Crippen LogP contribution is -2.11. The maximum absolute atomic E-state index is 11.2. The lowest BCUT2D eigenvalue weighted by Gasteiger charge is -2.00. The van der Waals surface area contributed by atoms with Crippen LogP contribution in [0.25, 0.3) is 5.65 Å². The number of anilines is 1. The summed E-state index contributed by atoms with van der Waals surface area (Å²) in [4.78, 5) is 7.49. The van der Waals surface area contributed by atoms with Gasteiger partial charge in [-0.25, -0.2) is 8.42 Å². The van der Waals surface area contributed by atoms with E-state index in [2.05, 4.69) is 31.0 Å². The SMILES string of the molecule is CS(=O)(=O)c1nc(N)n2ncc(Br)c2n1. The maximum atomic E-state index is 11.2. The van der Waals surface area contributed by atoms with Gasteiger partial charge in [0.1, 0.15) is 0 Å². The van der Waals surface area contributed by atoms with Crippen molar-refractivity contribution in [3.63, 3.8) is 0 Å². The predicted molar refractivity (Wildman–Crippen MR) is 56.0 cm³/mol.